The fraction of sp³-hybridized carbons (Fsp3) is 0.667. The van der Waals surface area contributed by atoms with E-state index in [1.807, 2.05) is 0 Å². The first-order valence-electron chi connectivity index (χ1n) is 7.78. The molecule has 1 aliphatic carbocycles. The Labute approximate surface area is 134 Å². The molecule has 0 spiro atoms. The lowest BCUT2D eigenvalue weighted by Crippen LogP contribution is -2.48. The maximum absolute atomic E-state index is 11.8. The van der Waals surface area contributed by atoms with Crippen LogP contribution in [0.5, 0.6) is 0 Å². The molecule has 1 heterocycles. The van der Waals surface area contributed by atoms with Crippen LogP contribution in [-0.4, -0.2) is 43.8 Å². The van der Waals surface area contributed by atoms with Crippen LogP contribution in [0.4, 0.5) is 4.79 Å². The topological polar surface area (TPSA) is 103 Å². The van der Waals surface area contributed by atoms with Crippen LogP contribution < -0.4 is 10.6 Å². The zero-order chi connectivity index (χ0) is 16.7. The van der Waals surface area contributed by atoms with E-state index < -0.39 is 24.5 Å². The summed E-state index contributed by atoms with van der Waals surface area (Å²) in [5, 5.41) is 4.93. The number of ether oxygens (including phenoxy) is 3. The normalized spacial score (nSPS) is 23.6. The number of carbonyl (C=O) groups excluding carboxylic acids is 3. The predicted octanol–water partition coefficient (Wildman–Crippen LogP) is 0.822. The van der Waals surface area contributed by atoms with E-state index in [1.54, 1.807) is 0 Å². The number of nitrogens with one attached hydrogen (secondary N) is 2. The van der Waals surface area contributed by atoms with Crippen LogP contribution >= 0.6 is 0 Å². The number of imide groups is 1. The Morgan fingerprint density at radius 3 is 2.74 bits per heavy atom. The number of esters is 1. The highest BCUT2D eigenvalue weighted by Crippen LogP contribution is 2.23. The lowest BCUT2D eigenvalue weighted by atomic mass is 9.86. The second kappa shape index (κ2) is 8.40. The standard InChI is InChI=1S/C15H22N2O6/c1-10-4-2-3-5-11(10)16-15(20)17-13(18)9-23-14(19)12-8-21-6-7-22-12/h8,10-11H,2-7,9H2,1H3,(H2,16,17,18,20)/t10-,11-/m1/s1. The Kier molecular flexibility index (Phi) is 6.25. The minimum Gasteiger partial charge on any atom is -0.493 e. The van der Waals surface area contributed by atoms with Crippen molar-refractivity contribution in [3.8, 4) is 0 Å². The van der Waals surface area contributed by atoms with Crippen molar-refractivity contribution in [2.45, 2.75) is 38.6 Å². The predicted molar refractivity (Wildman–Crippen MR) is 79.0 cm³/mol. The summed E-state index contributed by atoms with van der Waals surface area (Å²) in [5.41, 5.74) is 0. The number of amides is 3. The van der Waals surface area contributed by atoms with Gasteiger partial charge in [0.1, 0.15) is 19.5 Å². The minimum absolute atomic E-state index is 0.0667. The molecule has 8 heteroatoms. The maximum Gasteiger partial charge on any atom is 0.377 e. The molecule has 2 rings (SSSR count). The molecule has 8 nitrogen and oxygen atoms in total. The van der Waals surface area contributed by atoms with Gasteiger partial charge < -0.3 is 19.5 Å². The third-order valence-electron chi connectivity index (χ3n) is 3.87. The van der Waals surface area contributed by atoms with Crippen LogP contribution in [0.2, 0.25) is 0 Å². The van der Waals surface area contributed by atoms with Gasteiger partial charge >= 0.3 is 12.0 Å². The van der Waals surface area contributed by atoms with Gasteiger partial charge in [-0.15, -0.1) is 0 Å². The molecule has 23 heavy (non-hydrogen) atoms. The number of rotatable bonds is 4. The largest absolute Gasteiger partial charge is 0.493 e. The molecule has 1 saturated carbocycles. The van der Waals surface area contributed by atoms with Gasteiger partial charge in [0.2, 0.25) is 5.76 Å². The van der Waals surface area contributed by atoms with Gasteiger partial charge in [0.05, 0.1) is 0 Å². The second-order valence-corrected chi connectivity index (χ2v) is 5.67. The van der Waals surface area contributed by atoms with E-state index in [-0.39, 0.29) is 18.4 Å². The van der Waals surface area contributed by atoms with Crippen LogP contribution in [0.15, 0.2) is 12.0 Å². The third kappa shape index (κ3) is 5.46. The Balaban J connectivity index is 1.68. The first kappa shape index (κ1) is 17.1. The number of hydrogen-bond acceptors (Lipinski definition) is 6. The van der Waals surface area contributed by atoms with Crippen LogP contribution in [0, 0.1) is 5.92 Å². The van der Waals surface area contributed by atoms with E-state index in [9.17, 15) is 14.4 Å². The zero-order valence-corrected chi connectivity index (χ0v) is 13.1. The van der Waals surface area contributed by atoms with Crippen molar-refractivity contribution < 1.29 is 28.6 Å². The van der Waals surface area contributed by atoms with E-state index in [4.69, 9.17) is 14.2 Å². The van der Waals surface area contributed by atoms with Crippen molar-refractivity contribution in [3.63, 3.8) is 0 Å². The van der Waals surface area contributed by atoms with Gasteiger partial charge in [-0.3, -0.25) is 10.1 Å². The number of urea groups is 1. The SMILES string of the molecule is C[C@@H]1CCCC[C@H]1NC(=O)NC(=O)COC(=O)C1=COCCO1. The number of carbonyl (C=O) groups is 3. The van der Waals surface area contributed by atoms with Crippen molar-refractivity contribution in [1.82, 2.24) is 10.6 Å². The summed E-state index contributed by atoms with van der Waals surface area (Å²) in [6, 6.07) is -0.502. The fourth-order valence-electron chi connectivity index (χ4n) is 2.58. The summed E-state index contributed by atoms with van der Waals surface area (Å²) in [6.45, 7) is 2.12. The lowest BCUT2D eigenvalue weighted by molar-refractivity contribution is -0.149. The molecule has 0 radical (unpaired) electrons. The van der Waals surface area contributed by atoms with E-state index in [0.29, 0.717) is 12.5 Å². The molecule has 128 valence electrons. The van der Waals surface area contributed by atoms with Crippen LogP contribution in [0.3, 0.4) is 0 Å². The molecule has 2 N–H and O–H groups in total. The van der Waals surface area contributed by atoms with E-state index in [1.165, 1.54) is 0 Å². The van der Waals surface area contributed by atoms with Gasteiger partial charge in [0, 0.05) is 6.04 Å². The quantitative estimate of drug-likeness (QED) is 0.742. The molecule has 0 unspecified atom stereocenters. The molecule has 0 bridgehead atoms. The molecular weight excluding hydrogens is 304 g/mol. The average molecular weight is 326 g/mol. The third-order valence-corrected chi connectivity index (χ3v) is 3.87. The fourth-order valence-corrected chi connectivity index (χ4v) is 2.58. The van der Waals surface area contributed by atoms with Gasteiger partial charge in [0.15, 0.2) is 6.61 Å². The lowest BCUT2D eigenvalue weighted by Gasteiger charge is -2.29. The van der Waals surface area contributed by atoms with Crippen LogP contribution in [-0.2, 0) is 23.8 Å². The molecular formula is C15H22N2O6. The summed E-state index contributed by atoms with van der Waals surface area (Å²) in [4.78, 5) is 35.0. The molecule has 0 saturated heterocycles. The molecule has 0 aromatic carbocycles. The average Bonchev–Trinajstić information content (AvgIpc) is 2.55. The highest BCUT2D eigenvalue weighted by atomic mass is 16.6. The van der Waals surface area contributed by atoms with E-state index in [2.05, 4.69) is 17.6 Å². The molecule has 0 aromatic rings. The highest BCUT2D eigenvalue weighted by Gasteiger charge is 2.24. The van der Waals surface area contributed by atoms with E-state index in [0.717, 1.165) is 31.9 Å². The van der Waals surface area contributed by atoms with Crippen molar-refractivity contribution in [1.29, 1.82) is 0 Å². The van der Waals surface area contributed by atoms with E-state index >= 15 is 0 Å². The van der Waals surface area contributed by atoms with Crippen molar-refractivity contribution in [2.24, 2.45) is 5.92 Å². The first-order chi connectivity index (χ1) is 11.1. The van der Waals surface area contributed by atoms with Crippen molar-refractivity contribution >= 4 is 17.9 Å². The zero-order valence-electron chi connectivity index (χ0n) is 13.1. The molecule has 1 fully saturated rings. The Morgan fingerprint density at radius 2 is 2.04 bits per heavy atom. The van der Waals surface area contributed by atoms with Crippen LogP contribution in [0.1, 0.15) is 32.6 Å². The number of hydrogen-bond donors (Lipinski definition) is 2. The monoisotopic (exact) mass is 326 g/mol. The summed E-state index contributed by atoms with van der Waals surface area (Å²) >= 11 is 0. The molecule has 2 aliphatic rings. The summed E-state index contributed by atoms with van der Waals surface area (Å²) < 4.78 is 14.7. The second-order valence-electron chi connectivity index (χ2n) is 5.67. The minimum atomic E-state index is -0.804. The molecule has 1 aliphatic heterocycles. The Bertz CT molecular complexity index is 490. The van der Waals surface area contributed by atoms with Crippen molar-refractivity contribution in [3.05, 3.63) is 12.0 Å². The maximum atomic E-state index is 11.8. The van der Waals surface area contributed by atoms with Gasteiger partial charge in [0.25, 0.3) is 5.91 Å². The Hall–Kier alpha value is -2.25. The van der Waals surface area contributed by atoms with Gasteiger partial charge in [-0.2, -0.15) is 0 Å². The highest BCUT2D eigenvalue weighted by molar-refractivity contribution is 5.96. The van der Waals surface area contributed by atoms with Crippen LogP contribution in [0.25, 0.3) is 0 Å². The summed E-state index contributed by atoms with van der Waals surface area (Å²) in [6.07, 6.45) is 5.34. The van der Waals surface area contributed by atoms with Crippen molar-refractivity contribution in [2.75, 3.05) is 19.8 Å². The van der Waals surface area contributed by atoms with Gasteiger partial charge in [-0.1, -0.05) is 19.8 Å². The molecule has 2 atom stereocenters. The summed E-state index contributed by atoms with van der Waals surface area (Å²) in [5.74, 6) is -1.21. The Morgan fingerprint density at radius 1 is 1.26 bits per heavy atom. The smallest absolute Gasteiger partial charge is 0.377 e. The molecule has 3 amide bonds. The molecule has 0 aromatic heterocycles. The van der Waals surface area contributed by atoms with Gasteiger partial charge in [-0.05, 0) is 18.8 Å². The summed E-state index contributed by atoms with van der Waals surface area (Å²) in [7, 11) is 0. The van der Waals surface area contributed by atoms with Gasteiger partial charge in [-0.25, -0.2) is 9.59 Å². The first-order valence-corrected chi connectivity index (χ1v) is 7.78.